The zero-order valence-electron chi connectivity index (χ0n) is 39.7. The van der Waals surface area contributed by atoms with Crippen molar-refractivity contribution in [2.75, 3.05) is 6.61 Å². The normalized spacial score (nSPS) is 21.8. The van der Waals surface area contributed by atoms with Crippen LogP contribution in [0.15, 0.2) is 106 Å². The number of hydrogen-bond donors (Lipinski definition) is 3. The van der Waals surface area contributed by atoms with Crippen molar-refractivity contribution in [2.24, 2.45) is 26.8 Å². The van der Waals surface area contributed by atoms with Crippen molar-refractivity contribution in [2.45, 2.75) is 196 Å². The van der Waals surface area contributed by atoms with Gasteiger partial charge in [-0.25, -0.2) is 15.0 Å². The second-order valence-corrected chi connectivity index (χ2v) is 18.7. The molecule has 6 aliphatic rings. The third-order valence-corrected chi connectivity index (χ3v) is 14.1. The molecule has 1 unspecified atom stereocenters. The zero-order chi connectivity index (χ0) is 45.0. The molecule has 6 rings (SSSR count). The predicted octanol–water partition coefficient (Wildman–Crippen LogP) is 13.0. The number of esters is 1. The number of allylic oxidation sites excluding steroid dienone is 11. The number of fused-ring (bicyclic) bond motifs is 5. The van der Waals surface area contributed by atoms with E-state index in [4.69, 9.17) is 19.7 Å². The maximum Gasteiger partial charge on any atom is 0.305 e. The van der Waals surface area contributed by atoms with Gasteiger partial charge in [0.05, 0.1) is 53.2 Å². The molecule has 0 spiro atoms. The number of carbonyl (C=O) groups is 2. The van der Waals surface area contributed by atoms with Crippen LogP contribution in [-0.2, 0) is 14.3 Å². The van der Waals surface area contributed by atoms with Crippen molar-refractivity contribution in [3.63, 3.8) is 0 Å². The lowest BCUT2D eigenvalue weighted by molar-refractivity contribution is -0.144. The summed E-state index contributed by atoms with van der Waals surface area (Å²) in [6.45, 7) is 14.9. The average Bonchev–Trinajstić information content (AvgIpc) is 4.05. The summed E-state index contributed by atoms with van der Waals surface area (Å²) in [6.07, 6.45) is 28.3. The Bertz CT molecular complexity index is 2110. The topological polar surface area (TPSA) is 133 Å². The summed E-state index contributed by atoms with van der Waals surface area (Å²) in [4.78, 5) is 42.7. The van der Waals surface area contributed by atoms with Gasteiger partial charge >= 0.3 is 5.97 Å². The Hall–Kier alpha value is -4.37. The van der Waals surface area contributed by atoms with E-state index >= 15 is 0 Å². The molecule has 0 aromatic carbocycles. The largest absolute Gasteiger partial charge is 0.515 e. The number of rotatable bonds is 24. The molecule has 2 fully saturated rings. The second-order valence-electron chi connectivity index (χ2n) is 18.7. The molecule has 1 aliphatic carbocycles. The third-order valence-electron chi connectivity index (χ3n) is 14.1. The molecule has 5 heterocycles. The van der Waals surface area contributed by atoms with Crippen molar-refractivity contribution in [3.05, 3.63) is 91.5 Å². The van der Waals surface area contributed by atoms with E-state index in [1.54, 1.807) is 6.92 Å². The molecule has 9 heteroatoms. The molecular formula is C54H76N4O5. The molecule has 342 valence electrons. The molecule has 8 bridgehead atoms. The highest BCUT2D eigenvalue weighted by molar-refractivity contribution is 6.38. The summed E-state index contributed by atoms with van der Waals surface area (Å²) in [5.74, 6) is -0.224. The second kappa shape index (κ2) is 23.0. The van der Waals surface area contributed by atoms with Crippen LogP contribution >= 0.6 is 0 Å². The van der Waals surface area contributed by atoms with E-state index in [0.717, 1.165) is 76.1 Å². The number of ketones is 1. The number of aliphatic imine (C=N–C) groups is 3. The Morgan fingerprint density at radius 2 is 1.43 bits per heavy atom. The summed E-state index contributed by atoms with van der Waals surface area (Å²) in [5.41, 5.74) is 12.6. The van der Waals surface area contributed by atoms with Gasteiger partial charge in [-0.3, -0.25) is 9.59 Å². The van der Waals surface area contributed by atoms with E-state index in [2.05, 4.69) is 39.9 Å². The fourth-order valence-corrected chi connectivity index (χ4v) is 10.6. The van der Waals surface area contributed by atoms with Crippen LogP contribution in [0.5, 0.6) is 0 Å². The molecule has 63 heavy (non-hydrogen) atoms. The van der Waals surface area contributed by atoms with Gasteiger partial charge < -0.3 is 20.3 Å². The van der Waals surface area contributed by atoms with Crippen LogP contribution in [0.1, 0.15) is 190 Å². The summed E-state index contributed by atoms with van der Waals surface area (Å²) < 4.78 is 5.80. The number of aliphatic hydroxyl groups excluding tert-OH is 2. The molecule has 0 aromatic heterocycles. The van der Waals surface area contributed by atoms with Crippen LogP contribution in [-0.4, -0.2) is 51.8 Å². The lowest BCUT2D eigenvalue weighted by Crippen LogP contribution is -2.16. The minimum atomic E-state index is -0.790. The van der Waals surface area contributed by atoms with Gasteiger partial charge in [-0.15, -0.1) is 0 Å². The molecule has 9 nitrogen and oxygen atoms in total. The van der Waals surface area contributed by atoms with Gasteiger partial charge in [0.1, 0.15) is 0 Å². The Morgan fingerprint density at radius 1 is 0.810 bits per heavy atom. The number of nitrogens with zero attached hydrogens (tertiary/aromatic N) is 3. The van der Waals surface area contributed by atoms with Crippen LogP contribution in [0.25, 0.3) is 0 Å². The molecule has 1 saturated carbocycles. The van der Waals surface area contributed by atoms with Gasteiger partial charge in [-0.1, -0.05) is 130 Å². The molecule has 0 radical (unpaired) electrons. The summed E-state index contributed by atoms with van der Waals surface area (Å²) in [6, 6.07) is 0. The Balaban J connectivity index is 1.15. The first kappa shape index (κ1) is 48.1. The van der Waals surface area contributed by atoms with Gasteiger partial charge in [0.2, 0.25) is 0 Å². The SMILES string of the molecule is CCCCCCCCCCCCCCCCCCOC(=O)CC[C@@H]1C2=C3CC(=O)C4=C(CC)C(=CC5=C(CCC)/C(=C\O)C(=N5)C=C5N=C(C(C)=C5C(C)O)C(C)=C(N2)[C@H]1C)N=C34. The number of ether oxygens (including phenoxy) is 1. The highest BCUT2D eigenvalue weighted by atomic mass is 16.5. The molecular weight excluding hydrogens is 785 g/mol. The number of aliphatic hydroxyl groups is 2. The van der Waals surface area contributed by atoms with Crippen molar-refractivity contribution in [3.8, 4) is 0 Å². The smallest absolute Gasteiger partial charge is 0.305 e. The van der Waals surface area contributed by atoms with E-state index in [0.29, 0.717) is 65.5 Å². The highest BCUT2D eigenvalue weighted by Gasteiger charge is 2.44. The molecule has 1 saturated heterocycles. The molecule has 3 N–H and O–H groups in total. The van der Waals surface area contributed by atoms with E-state index in [9.17, 15) is 19.8 Å². The van der Waals surface area contributed by atoms with Gasteiger partial charge in [-0.2, -0.15) is 0 Å². The third kappa shape index (κ3) is 11.1. The quantitative estimate of drug-likeness (QED) is 0.0503. The monoisotopic (exact) mass is 861 g/mol. The van der Waals surface area contributed by atoms with E-state index in [1.807, 2.05) is 19.1 Å². The summed E-state index contributed by atoms with van der Waals surface area (Å²) >= 11 is 0. The number of unbranched alkanes of at least 4 members (excludes halogenated alkanes) is 15. The molecule has 0 aromatic rings. The minimum absolute atomic E-state index is 0.0216. The van der Waals surface area contributed by atoms with Crippen molar-refractivity contribution < 1.29 is 24.5 Å². The molecule has 0 amide bonds. The number of Topliss-reactive ketones (excluding diaryl/α,β-unsaturated/α-hetero) is 1. The highest BCUT2D eigenvalue weighted by Crippen LogP contribution is 2.47. The van der Waals surface area contributed by atoms with Gasteiger partial charge in [0.25, 0.3) is 0 Å². The zero-order valence-corrected chi connectivity index (χ0v) is 39.7. The predicted molar refractivity (Wildman–Crippen MR) is 258 cm³/mol. The van der Waals surface area contributed by atoms with E-state index in [-0.39, 0.29) is 36.4 Å². The Labute approximate surface area is 378 Å². The fourth-order valence-electron chi connectivity index (χ4n) is 10.6. The maximum atomic E-state index is 14.0. The van der Waals surface area contributed by atoms with Crippen molar-refractivity contribution >= 4 is 28.9 Å². The molecule has 5 aliphatic heterocycles. The number of carbonyl (C=O) groups excluding carboxylic acids is 2. The number of hydrogen-bond acceptors (Lipinski definition) is 9. The minimum Gasteiger partial charge on any atom is -0.515 e. The van der Waals surface area contributed by atoms with Crippen molar-refractivity contribution in [1.82, 2.24) is 5.32 Å². The molecule has 3 atom stereocenters. The summed E-state index contributed by atoms with van der Waals surface area (Å²) in [5, 5.41) is 25.5. The van der Waals surface area contributed by atoms with Gasteiger partial charge in [0, 0.05) is 58.4 Å². The first-order valence-electron chi connectivity index (χ1n) is 24.9. The Morgan fingerprint density at radius 3 is 2.02 bits per heavy atom. The first-order valence-corrected chi connectivity index (χ1v) is 24.9. The van der Waals surface area contributed by atoms with Crippen LogP contribution in [0.2, 0.25) is 0 Å². The average molecular weight is 861 g/mol. The van der Waals surface area contributed by atoms with Crippen LogP contribution in [0, 0.1) is 11.8 Å². The fraction of sp³-hybridized carbons (Fsp3) is 0.611. The standard InChI is InChI=1S/C54H76N4O5/c1-8-11-12-13-14-15-16-17-18-19-20-21-22-23-24-25-29-63-48(62)28-27-39-34(4)51-36(6)52-35(5)49(37(7)60)46(57-52)32-45-42(33-59)40(26-9-2)44(55-45)31-43-38(10-3)50-47(61)30-41(53(39)58-51)54(50)56-43/h31-34,37,39,58-60H,8-30H2,1-7H3/b42-33+,43-31?,46-32?,51-36?,53-41?/t34-,37?,39-/m0/s1. The Kier molecular flexibility index (Phi) is 17.6. The van der Waals surface area contributed by atoms with E-state index < -0.39 is 6.10 Å². The summed E-state index contributed by atoms with van der Waals surface area (Å²) in [7, 11) is 0. The lowest BCUT2D eigenvalue weighted by Gasteiger charge is -2.18. The number of nitrogens with one attached hydrogen (secondary N) is 1. The van der Waals surface area contributed by atoms with Gasteiger partial charge in [0.15, 0.2) is 5.78 Å². The van der Waals surface area contributed by atoms with Crippen LogP contribution in [0.4, 0.5) is 0 Å². The van der Waals surface area contributed by atoms with Crippen LogP contribution < -0.4 is 5.32 Å². The van der Waals surface area contributed by atoms with E-state index in [1.165, 1.54) is 89.9 Å². The van der Waals surface area contributed by atoms with Crippen LogP contribution in [0.3, 0.4) is 0 Å². The van der Waals surface area contributed by atoms with Crippen molar-refractivity contribution in [1.29, 1.82) is 0 Å². The maximum absolute atomic E-state index is 14.0. The van der Waals surface area contributed by atoms with Gasteiger partial charge in [-0.05, 0) is 80.9 Å². The first-order chi connectivity index (χ1) is 30.5. The lowest BCUT2D eigenvalue weighted by atomic mass is 9.85.